The molecule has 0 aliphatic rings. The molecule has 2 aromatic heterocycles. The van der Waals surface area contributed by atoms with Crippen molar-refractivity contribution in [2.24, 2.45) is 0 Å². The van der Waals surface area contributed by atoms with Gasteiger partial charge in [-0.3, -0.25) is 0 Å². The molecular formula is C24H23BrCl2N4S. The predicted molar refractivity (Wildman–Crippen MR) is 138 cm³/mol. The van der Waals surface area contributed by atoms with Crippen molar-refractivity contribution in [2.45, 2.75) is 46.0 Å². The third kappa shape index (κ3) is 4.38. The van der Waals surface area contributed by atoms with Crippen molar-refractivity contribution in [3.8, 4) is 27.6 Å². The lowest BCUT2D eigenvalue weighted by Gasteiger charge is -2.17. The molecule has 4 nitrogen and oxygen atoms in total. The highest BCUT2D eigenvalue weighted by molar-refractivity contribution is 9.10. The molecule has 0 saturated heterocycles. The van der Waals surface area contributed by atoms with Crippen LogP contribution in [0.2, 0.25) is 10.0 Å². The lowest BCUT2D eigenvalue weighted by molar-refractivity contribution is 0.498. The Kier molecular flexibility index (Phi) is 6.78. The maximum absolute atomic E-state index is 6.60. The summed E-state index contributed by atoms with van der Waals surface area (Å²) in [6, 6.07) is 13.7. The summed E-state index contributed by atoms with van der Waals surface area (Å²) in [4.78, 5) is 0. The van der Waals surface area contributed by atoms with Gasteiger partial charge in [0.15, 0.2) is 5.01 Å². The quantitative estimate of drug-likeness (QED) is 0.242. The first-order valence-electron chi connectivity index (χ1n) is 10.4. The van der Waals surface area contributed by atoms with Crippen LogP contribution in [0.4, 0.5) is 0 Å². The predicted octanol–water partition coefficient (Wildman–Crippen LogP) is 8.38. The monoisotopic (exact) mass is 548 g/mol. The lowest BCUT2D eigenvalue weighted by Crippen LogP contribution is -2.14. The molecule has 0 spiro atoms. The molecule has 0 atom stereocenters. The molecule has 0 unspecified atom stereocenters. The summed E-state index contributed by atoms with van der Waals surface area (Å²) in [5.74, 6) is 0. The second-order valence-electron chi connectivity index (χ2n) is 8.19. The van der Waals surface area contributed by atoms with Gasteiger partial charge in [-0.25, -0.2) is 4.68 Å². The zero-order valence-electron chi connectivity index (χ0n) is 18.3. The van der Waals surface area contributed by atoms with Gasteiger partial charge in [-0.15, -0.1) is 10.2 Å². The summed E-state index contributed by atoms with van der Waals surface area (Å²) in [6.07, 6.45) is 1.78. The molecule has 0 bridgehead atoms. The first-order chi connectivity index (χ1) is 15.2. The summed E-state index contributed by atoms with van der Waals surface area (Å²) in [5, 5.41) is 17.0. The van der Waals surface area contributed by atoms with E-state index in [-0.39, 0.29) is 5.41 Å². The molecule has 8 heteroatoms. The van der Waals surface area contributed by atoms with Crippen LogP contribution in [0.1, 0.15) is 44.7 Å². The van der Waals surface area contributed by atoms with Gasteiger partial charge in [0, 0.05) is 26.0 Å². The Morgan fingerprint density at radius 2 is 1.75 bits per heavy atom. The first kappa shape index (κ1) is 23.4. The molecule has 166 valence electrons. The van der Waals surface area contributed by atoms with Crippen LogP contribution in [0.5, 0.6) is 0 Å². The van der Waals surface area contributed by atoms with Crippen LogP contribution in [-0.4, -0.2) is 20.0 Å². The molecule has 0 saturated carbocycles. The van der Waals surface area contributed by atoms with Gasteiger partial charge in [-0.1, -0.05) is 90.3 Å². The van der Waals surface area contributed by atoms with Gasteiger partial charge in [-0.05, 0) is 43.2 Å². The van der Waals surface area contributed by atoms with Crippen molar-refractivity contribution in [3.63, 3.8) is 0 Å². The standard InChI is InChI=1S/C24H23BrCl2N4S/c1-5-17-20(22-28-29-23(32-22)24(3,4)6-2)30-31(19-12-11-16(26)13-18(19)27)21(17)14-7-9-15(25)10-8-14/h7-13H,5-6H2,1-4H3. The summed E-state index contributed by atoms with van der Waals surface area (Å²) < 4.78 is 2.92. The van der Waals surface area contributed by atoms with Crippen LogP contribution in [0.25, 0.3) is 27.6 Å². The molecule has 32 heavy (non-hydrogen) atoms. The Morgan fingerprint density at radius 3 is 2.38 bits per heavy atom. The van der Waals surface area contributed by atoms with E-state index >= 15 is 0 Å². The Morgan fingerprint density at radius 1 is 1.03 bits per heavy atom. The van der Waals surface area contributed by atoms with E-state index < -0.39 is 0 Å². The largest absolute Gasteiger partial charge is 0.231 e. The first-order valence-corrected chi connectivity index (χ1v) is 12.8. The van der Waals surface area contributed by atoms with Gasteiger partial charge < -0.3 is 0 Å². The van der Waals surface area contributed by atoms with Crippen molar-refractivity contribution < 1.29 is 0 Å². The van der Waals surface area contributed by atoms with E-state index in [2.05, 4.69) is 66.0 Å². The van der Waals surface area contributed by atoms with Crippen molar-refractivity contribution in [1.29, 1.82) is 0 Å². The maximum atomic E-state index is 6.60. The number of rotatable bonds is 6. The number of aromatic nitrogens is 4. The van der Waals surface area contributed by atoms with Gasteiger partial charge in [-0.2, -0.15) is 5.10 Å². The van der Waals surface area contributed by atoms with E-state index in [1.54, 1.807) is 17.4 Å². The van der Waals surface area contributed by atoms with E-state index in [0.29, 0.717) is 10.0 Å². The molecule has 0 aliphatic heterocycles. The van der Waals surface area contributed by atoms with E-state index in [1.807, 2.05) is 28.9 Å². The number of benzene rings is 2. The molecule has 0 fully saturated rings. The molecule has 2 heterocycles. The van der Waals surface area contributed by atoms with E-state index in [9.17, 15) is 0 Å². The van der Waals surface area contributed by atoms with E-state index in [1.165, 1.54) is 0 Å². The average Bonchev–Trinajstić information content (AvgIpc) is 3.40. The highest BCUT2D eigenvalue weighted by Gasteiger charge is 2.27. The zero-order chi connectivity index (χ0) is 23.0. The zero-order valence-corrected chi connectivity index (χ0v) is 22.2. The van der Waals surface area contributed by atoms with Gasteiger partial charge in [0.05, 0.1) is 16.4 Å². The Labute approximate surface area is 210 Å². The fourth-order valence-electron chi connectivity index (χ4n) is 3.43. The van der Waals surface area contributed by atoms with Gasteiger partial charge in [0.1, 0.15) is 10.7 Å². The minimum Gasteiger partial charge on any atom is -0.231 e. The van der Waals surface area contributed by atoms with Gasteiger partial charge in [0.2, 0.25) is 0 Å². The molecule has 4 rings (SSSR count). The van der Waals surface area contributed by atoms with Crippen molar-refractivity contribution in [2.75, 3.05) is 0 Å². The average molecular weight is 550 g/mol. The fourth-order valence-corrected chi connectivity index (χ4v) is 5.21. The lowest BCUT2D eigenvalue weighted by atomic mass is 9.91. The molecule has 0 aliphatic carbocycles. The van der Waals surface area contributed by atoms with Crippen LogP contribution < -0.4 is 0 Å². The Hall–Kier alpha value is -1.73. The smallest absolute Gasteiger partial charge is 0.168 e. The number of hydrogen-bond acceptors (Lipinski definition) is 4. The van der Waals surface area contributed by atoms with Crippen LogP contribution >= 0.6 is 50.5 Å². The van der Waals surface area contributed by atoms with E-state index in [0.717, 1.165) is 55.5 Å². The Bertz CT molecular complexity index is 1260. The highest BCUT2D eigenvalue weighted by atomic mass is 79.9. The van der Waals surface area contributed by atoms with Crippen LogP contribution in [-0.2, 0) is 11.8 Å². The molecular weight excluding hydrogens is 527 g/mol. The summed E-state index contributed by atoms with van der Waals surface area (Å²) in [7, 11) is 0. The summed E-state index contributed by atoms with van der Waals surface area (Å²) in [6.45, 7) is 8.69. The number of nitrogens with zero attached hydrogens (tertiary/aromatic N) is 4. The van der Waals surface area contributed by atoms with Gasteiger partial charge in [0.25, 0.3) is 0 Å². The van der Waals surface area contributed by atoms with Crippen molar-refractivity contribution >= 4 is 50.5 Å². The Balaban J connectivity index is 1.97. The third-order valence-electron chi connectivity index (χ3n) is 5.68. The van der Waals surface area contributed by atoms with Gasteiger partial charge >= 0.3 is 0 Å². The van der Waals surface area contributed by atoms with E-state index in [4.69, 9.17) is 28.3 Å². The van der Waals surface area contributed by atoms with Crippen molar-refractivity contribution in [3.05, 3.63) is 67.6 Å². The normalized spacial score (nSPS) is 11.8. The van der Waals surface area contributed by atoms with Crippen LogP contribution in [0, 0.1) is 0 Å². The SMILES string of the molecule is CCc1c(-c2nnc(C(C)(C)CC)s2)nn(-c2ccc(Cl)cc2Cl)c1-c1ccc(Br)cc1. The molecule has 0 amide bonds. The van der Waals surface area contributed by atoms with Crippen LogP contribution in [0.15, 0.2) is 46.9 Å². The number of hydrogen-bond donors (Lipinski definition) is 0. The fraction of sp³-hybridized carbons (Fsp3) is 0.292. The second kappa shape index (κ2) is 9.26. The minimum absolute atomic E-state index is 0.0289. The summed E-state index contributed by atoms with van der Waals surface area (Å²) >= 11 is 17.9. The molecule has 0 radical (unpaired) electrons. The van der Waals surface area contributed by atoms with Crippen LogP contribution in [0.3, 0.4) is 0 Å². The highest BCUT2D eigenvalue weighted by Crippen LogP contribution is 2.39. The third-order valence-corrected chi connectivity index (χ3v) is 8.05. The molecule has 0 N–H and O–H groups in total. The minimum atomic E-state index is -0.0289. The second-order valence-corrected chi connectivity index (χ2v) is 10.9. The summed E-state index contributed by atoms with van der Waals surface area (Å²) in [5.41, 5.74) is 4.73. The molecule has 2 aromatic carbocycles. The topological polar surface area (TPSA) is 43.6 Å². The maximum Gasteiger partial charge on any atom is 0.168 e. The number of halogens is 3. The molecule has 4 aromatic rings. The van der Waals surface area contributed by atoms with Crippen molar-refractivity contribution in [1.82, 2.24) is 20.0 Å².